The molecule has 0 saturated heterocycles. The topological polar surface area (TPSA) is 91.2 Å². The Kier molecular flexibility index (Phi) is 9.81. The minimum atomic E-state index is -1.07. The third kappa shape index (κ3) is 7.39. The molecule has 7 nitrogen and oxygen atoms in total. The molecule has 1 aromatic rings. The third-order valence-electron chi connectivity index (χ3n) is 4.25. The van der Waals surface area contributed by atoms with Gasteiger partial charge in [0.05, 0.1) is 23.1 Å². The molecule has 1 rings (SSSR count). The second-order valence-corrected chi connectivity index (χ2v) is 7.42. The molecule has 0 saturated carbocycles. The Balaban J connectivity index is 3.40. The fourth-order valence-electron chi connectivity index (χ4n) is 2.92. The van der Waals surface area contributed by atoms with E-state index in [9.17, 15) is 14.7 Å². The lowest BCUT2D eigenvalue weighted by atomic mass is 9.99. The lowest BCUT2D eigenvalue weighted by Gasteiger charge is -2.27. The van der Waals surface area contributed by atoms with E-state index in [4.69, 9.17) is 4.74 Å². The molecule has 0 unspecified atom stereocenters. The standard InChI is InChI=1S/C23H33N3O4/c1-8-26(11-9-10-18(14-24-7)23(28)29)21-13-22(30-16(4)5)19(15(2)3)12-20(21)25-17(6)27/h9-10,12-16H,7-8,11H2,1-6H3,(H,25,27)(H,28,29)/b10-9-,18-14+. The highest BCUT2D eigenvalue weighted by Gasteiger charge is 2.18. The number of aliphatic carboxylic acids is 1. The number of hydrogen-bond acceptors (Lipinski definition) is 5. The summed E-state index contributed by atoms with van der Waals surface area (Å²) in [6.07, 6.45) is 4.44. The van der Waals surface area contributed by atoms with Gasteiger partial charge in [-0.25, -0.2) is 4.79 Å². The van der Waals surface area contributed by atoms with Gasteiger partial charge in [0.25, 0.3) is 0 Å². The van der Waals surface area contributed by atoms with Gasteiger partial charge < -0.3 is 20.1 Å². The predicted molar refractivity (Wildman–Crippen MR) is 123 cm³/mol. The van der Waals surface area contributed by atoms with E-state index in [1.165, 1.54) is 19.2 Å². The molecule has 0 heterocycles. The van der Waals surface area contributed by atoms with Gasteiger partial charge in [0.1, 0.15) is 5.75 Å². The van der Waals surface area contributed by atoms with E-state index in [0.717, 1.165) is 17.0 Å². The largest absolute Gasteiger partial charge is 0.491 e. The Bertz CT molecular complexity index is 826. The van der Waals surface area contributed by atoms with Crippen molar-refractivity contribution in [2.75, 3.05) is 23.3 Å². The van der Waals surface area contributed by atoms with Gasteiger partial charge in [-0.1, -0.05) is 19.9 Å². The lowest BCUT2D eigenvalue weighted by Crippen LogP contribution is -2.25. The Hall–Kier alpha value is -3.09. The average molecular weight is 416 g/mol. The molecule has 0 fully saturated rings. The number of amides is 1. The number of carbonyl (C=O) groups is 2. The van der Waals surface area contributed by atoms with Crippen molar-refractivity contribution < 1.29 is 19.4 Å². The van der Waals surface area contributed by atoms with E-state index in [1.54, 1.807) is 6.08 Å². The summed E-state index contributed by atoms with van der Waals surface area (Å²) in [5, 5.41) is 12.1. The number of likely N-dealkylation sites (N-methyl/N-ethyl adjacent to an activating group) is 1. The van der Waals surface area contributed by atoms with E-state index >= 15 is 0 Å². The zero-order valence-corrected chi connectivity index (χ0v) is 18.7. The molecule has 30 heavy (non-hydrogen) atoms. The highest BCUT2D eigenvalue weighted by molar-refractivity contribution is 5.93. The highest BCUT2D eigenvalue weighted by atomic mass is 16.5. The average Bonchev–Trinajstić information content (AvgIpc) is 2.64. The summed E-state index contributed by atoms with van der Waals surface area (Å²) < 4.78 is 6.04. The Morgan fingerprint density at radius 1 is 1.30 bits per heavy atom. The van der Waals surface area contributed by atoms with Crippen molar-refractivity contribution in [3.8, 4) is 5.75 Å². The van der Waals surface area contributed by atoms with Crippen LogP contribution in [0, 0.1) is 0 Å². The highest BCUT2D eigenvalue weighted by Crippen LogP contribution is 2.38. The normalized spacial score (nSPS) is 11.8. The molecule has 7 heteroatoms. The SMILES string of the molecule is C=N/C=C(\C=C/CN(CC)c1cc(OC(C)C)c(C(C)C)cc1NC(C)=O)C(=O)O. The van der Waals surface area contributed by atoms with Gasteiger partial charge in [-0.05, 0) is 51.1 Å². The number of nitrogens with one attached hydrogen (secondary N) is 1. The van der Waals surface area contributed by atoms with Crippen LogP contribution in [0.2, 0.25) is 0 Å². The molecule has 0 aliphatic carbocycles. The number of carboxylic acid groups (broad SMARTS) is 1. The summed E-state index contributed by atoms with van der Waals surface area (Å²) in [6, 6.07) is 3.90. The Morgan fingerprint density at radius 2 is 1.97 bits per heavy atom. The summed E-state index contributed by atoms with van der Waals surface area (Å²) in [4.78, 5) is 28.6. The van der Waals surface area contributed by atoms with Crippen molar-refractivity contribution in [1.29, 1.82) is 0 Å². The van der Waals surface area contributed by atoms with Crippen molar-refractivity contribution in [2.45, 2.75) is 53.6 Å². The maximum Gasteiger partial charge on any atom is 0.337 e. The molecule has 0 atom stereocenters. The van der Waals surface area contributed by atoms with Crippen LogP contribution < -0.4 is 15.0 Å². The molecule has 0 aliphatic heterocycles. The summed E-state index contributed by atoms with van der Waals surface area (Å²) in [5.41, 5.74) is 2.55. The van der Waals surface area contributed by atoms with Crippen molar-refractivity contribution in [3.63, 3.8) is 0 Å². The van der Waals surface area contributed by atoms with Crippen LogP contribution >= 0.6 is 0 Å². The third-order valence-corrected chi connectivity index (χ3v) is 4.25. The predicted octanol–water partition coefficient (Wildman–Crippen LogP) is 4.61. The van der Waals surface area contributed by atoms with Gasteiger partial charge in [-0.2, -0.15) is 0 Å². The molecule has 2 N–H and O–H groups in total. The number of rotatable bonds is 11. The van der Waals surface area contributed by atoms with Gasteiger partial charge in [0.15, 0.2) is 0 Å². The molecule has 0 aliphatic rings. The summed E-state index contributed by atoms with van der Waals surface area (Å²) in [7, 11) is 0. The number of nitrogens with zero attached hydrogens (tertiary/aromatic N) is 2. The smallest absolute Gasteiger partial charge is 0.337 e. The molecule has 1 aromatic carbocycles. The minimum Gasteiger partial charge on any atom is -0.491 e. The number of carbonyl (C=O) groups excluding carboxylic acids is 1. The Labute approximate surface area is 179 Å². The first kappa shape index (κ1) is 24.9. The number of hydrogen-bond donors (Lipinski definition) is 2. The van der Waals surface area contributed by atoms with Gasteiger partial charge in [0.2, 0.25) is 5.91 Å². The van der Waals surface area contributed by atoms with Crippen LogP contribution in [-0.2, 0) is 9.59 Å². The van der Waals surface area contributed by atoms with Crippen molar-refractivity contribution >= 4 is 30.0 Å². The first-order valence-corrected chi connectivity index (χ1v) is 10.0. The molecular formula is C23H33N3O4. The molecule has 164 valence electrons. The van der Waals surface area contributed by atoms with Crippen LogP contribution in [0.1, 0.15) is 53.0 Å². The zero-order chi connectivity index (χ0) is 22.8. The van der Waals surface area contributed by atoms with E-state index in [0.29, 0.717) is 18.8 Å². The molecule has 0 aromatic heterocycles. The second-order valence-electron chi connectivity index (χ2n) is 7.42. The monoisotopic (exact) mass is 415 g/mol. The Morgan fingerprint density at radius 3 is 2.43 bits per heavy atom. The van der Waals surface area contributed by atoms with Crippen LogP contribution in [0.4, 0.5) is 11.4 Å². The van der Waals surface area contributed by atoms with E-state index in [-0.39, 0.29) is 23.5 Å². The number of aliphatic imine (C=N–C) groups is 1. The lowest BCUT2D eigenvalue weighted by molar-refractivity contribution is -0.132. The van der Waals surface area contributed by atoms with Crippen LogP contribution in [0.15, 0.2) is 41.1 Å². The van der Waals surface area contributed by atoms with Crippen molar-refractivity contribution in [1.82, 2.24) is 0 Å². The van der Waals surface area contributed by atoms with E-state index in [1.807, 2.05) is 37.8 Å². The van der Waals surface area contributed by atoms with Gasteiger partial charge >= 0.3 is 5.97 Å². The van der Waals surface area contributed by atoms with Crippen molar-refractivity contribution in [2.24, 2.45) is 4.99 Å². The minimum absolute atomic E-state index is 0.00611. The quantitative estimate of drug-likeness (QED) is 0.313. The van der Waals surface area contributed by atoms with Crippen molar-refractivity contribution in [3.05, 3.63) is 41.6 Å². The van der Waals surface area contributed by atoms with E-state index < -0.39 is 5.97 Å². The molecule has 1 amide bonds. The van der Waals surface area contributed by atoms with E-state index in [2.05, 4.69) is 30.9 Å². The van der Waals surface area contributed by atoms with Crippen LogP contribution in [0.3, 0.4) is 0 Å². The van der Waals surface area contributed by atoms with Gasteiger partial charge in [-0.15, -0.1) is 0 Å². The molecule has 0 radical (unpaired) electrons. The maximum absolute atomic E-state index is 11.8. The van der Waals surface area contributed by atoms with Crippen LogP contribution in [0.5, 0.6) is 5.75 Å². The molecule has 0 bridgehead atoms. The second kappa shape index (κ2) is 11.8. The summed E-state index contributed by atoms with van der Waals surface area (Å²) >= 11 is 0. The number of carboxylic acids is 1. The fraction of sp³-hybridized carbons (Fsp3) is 0.435. The molecule has 0 spiro atoms. The fourth-order valence-corrected chi connectivity index (χ4v) is 2.92. The summed E-state index contributed by atoms with van der Waals surface area (Å²) in [5.74, 6) is -0.253. The number of ether oxygens (including phenoxy) is 1. The van der Waals surface area contributed by atoms with Crippen LogP contribution in [0.25, 0.3) is 0 Å². The first-order chi connectivity index (χ1) is 14.1. The zero-order valence-electron chi connectivity index (χ0n) is 18.7. The van der Waals surface area contributed by atoms with Gasteiger partial charge in [-0.3, -0.25) is 9.79 Å². The summed E-state index contributed by atoms with van der Waals surface area (Å²) in [6.45, 7) is 15.9. The first-order valence-electron chi connectivity index (χ1n) is 10.0. The number of benzene rings is 1. The molecular weight excluding hydrogens is 382 g/mol. The number of anilines is 2. The maximum atomic E-state index is 11.8. The van der Waals surface area contributed by atoms with Crippen LogP contribution in [-0.4, -0.2) is 42.9 Å². The van der Waals surface area contributed by atoms with Gasteiger partial charge in [0, 0.05) is 32.3 Å².